The zero-order chi connectivity index (χ0) is 102. The van der Waals surface area contributed by atoms with Crippen LogP contribution < -0.4 is 49.0 Å². The molecule has 0 spiro atoms. The molecule has 15 aromatic rings. The molecule has 8 unspecified atom stereocenters. The van der Waals surface area contributed by atoms with Crippen molar-refractivity contribution in [2.75, 3.05) is 246 Å². The largest absolute Gasteiger partial charge is 0.386 e. The molecule has 5 aromatic carbocycles. The molecule has 34 nitrogen and oxygen atoms in total. The highest BCUT2D eigenvalue weighted by Crippen LogP contribution is 2.43. The van der Waals surface area contributed by atoms with E-state index >= 15 is 0 Å². The number of carbonyl (C=O) groups is 1. The van der Waals surface area contributed by atoms with Crippen LogP contribution in [-0.2, 0) is 30.1 Å². The Kier molecular flexibility index (Phi) is 33.7. The number of nitrogens with zero attached hydrogens (tertiary/aromatic N) is 25. The minimum Gasteiger partial charge on any atom is -0.386 e. The summed E-state index contributed by atoms with van der Waals surface area (Å²) in [6.07, 6.45) is 23.8. The molecule has 20 heterocycles. The van der Waals surface area contributed by atoms with Gasteiger partial charge in [0.15, 0.2) is 10.8 Å². The highest BCUT2D eigenvalue weighted by Gasteiger charge is 2.37. The van der Waals surface area contributed by atoms with Crippen LogP contribution in [0.4, 0.5) is 57.5 Å². The van der Waals surface area contributed by atoms with Crippen LogP contribution in [0.15, 0.2) is 152 Å². The number of aromatic nitrogens is 15. The summed E-state index contributed by atoms with van der Waals surface area (Å²) in [5.41, 5.74) is 12.8. The first-order valence-corrected chi connectivity index (χ1v) is 57.0. The van der Waals surface area contributed by atoms with Crippen molar-refractivity contribution in [1.82, 2.24) is 74.8 Å². The lowest BCUT2D eigenvalue weighted by Gasteiger charge is -2.35. The minimum absolute atomic E-state index is 0.0347. The average molecular weight is 2110 g/mol. The maximum Gasteiger partial charge on any atom is 0.196 e. The van der Waals surface area contributed by atoms with Gasteiger partial charge in [-0.1, -0.05) is 0 Å². The molecule has 0 saturated carbocycles. The van der Waals surface area contributed by atoms with Gasteiger partial charge in [0.05, 0.1) is 104 Å². The van der Waals surface area contributed by atoms with Gasteiger partial charge in [-0.25, -0.2) is 74.8 Å². The molecule has 782 valence electrons. The van der Waals surface area contributed by atoms with E-state index in [1.807, 2.05) is 55.3 Å². The first kappa shape index (κ1) is 103. The van der Waals surface area contributed by atoms with Gasteiger partial charge in [-0.05, 0) is 196 Å². The number of Topliss-reactive ketones (excluding diaryl/α,β-unsaturated/α-hetero) is 1. The standard InChI is InChI=1S/C23H29N5O2S.2C22H27N5O2S.C22H27N5OS.C21H23N5O2S/c1-15-16(2)31-23(26-15)21(29)17-4-3-7-28(13-17)22-19-6-5-18(12-20(19)24-14-25-22)27-8-10-30-11-9-27;1-15-13-30-22(25-15)20(28)16-3-2-6-27(12-16)21-18-5-4-17(11-19(18)23-14-24-21)26-7-9-29-10-8-26;1-15-12-23-22(30-15)20(28)16-3-2-6-27(13-16)21-18-5-4-17(11-19(18)24-14-25-21)26-7-9-29-10-8-26;1-16-13-23-21(29-16)11-17-3-2-6-27(14-17)22-19-5-4-18(12-20(19)24-15-25-22)26-7-9-28-10-8-26;27-19(21-22-5-11-29-21)15-2-1-6-26(13-15)20-17-4-3-16(12-18(17)23-14-24-20)25-7-9-28-10-8-25/h5-6,12,14,17,21,29H,3-4,7-11,13H2,1-2H3;4-5,11,13-14,16,20,28H,2-3,6-10,12H2,1H3;4-5,11-12,14,16,20,28H,2-3,6-10,13H2,1H3;4-5,12-13,15,17H,2-3,6-11,14H2,1H3;3-5,11-12,14-15H,1-2,6-10,13H2. The molecule has 0 amide bonds. The number of aliphatic hydroxyl groups is 3. The predicted molar refractivity (Wildman–Crippen MR) is 595 cm³/mol. The Morgan fingerprint density at radius 3 is 1.03 bits per heavy atom. The van der Waals surface area contributed by atoms with Gasteiger partial charge < -0.3 is 88.0 Å². The molecule has 0 radical (unpaired) electrons. The summed E-state index contributed by atoms with van der Waals surface area (Å²) in [7, 11) is 0. The topological polar surface area (TPSA) is 350 Å². The number of anilines is 10. The van der Waals surface area contributed by atoms with Crippen molar-refractivity contribution < 1.29 is 43.8 Å². The van der Waals surface area contributed by atoms with Crippen LogP contribution in [0.25, 0.3) is 54.5 Å². The Balaban J connectivity index is 0.000000109. The summed E-state index contributed by atoms with van der Waals surface area (Å²) >= 11 is 7.99. The van der Waals surface area contributed by atoms with Crippen molar-refractivity contribution in [3.63, 3.8) is 0 Å². The number of carbonyl (C=O) groups excluding carboxylic acids is 1. The molecule has 39 heteroatoms. The Hall–Kier alpha value is -11.7. The molecule has 10 fully saturated rings. The first-order chi connectivity index (χ1) is 73.0. The lowest BCUT2D eigenvalue weighted by molar-refractivity contribution is 0.0906. The molecular weight excluding hydrogens is 1980 g/mol. The van der Waals surface area contributed by atoms with Gasteiger partial charge >= 0.3 is 0 Å². The SMILES string of the molecule is Cc1cnc(C(O)C2CCCN(c3ncnc4cc(N5CCOCC5)ccc34)C2)s1.Cc1cnc(CC2CCCN(c3ncnc4cc(N5CCOCC5)ccc34)C2)s1.Cc1csc(C(O)C2CCCN(c3ncnc4cc(N5CCOCC5)ccc34)C2)n1.Cc1nc(C(O)C2CCCN(c3ncnc4cc(N5CCOCC5)ccc34)C2)sc1C.O=C(c1nccs1)C1CCCN(c2ncnc3cc(N4CCOCC4)ccc23)C1. The first-order valence-electron chi connectivity index (χ1n) is 52.8. The van der Waals surface area contributed by atoms with Gasteiger partial charge in [-0.15, -0.1) is 56.7 Å². The number of hydrogen-bond acceptors (Lipinski definition) is 39. The maximum absolute atomic E-state index is 12.8. The normalized spacial score (nSPS) is 20.8. The van der Waals surface area contributed by atoms with Crippen molar-refractivity contribution >= 4 is 175 Å². The smallest absolute Gasteiger partial charge is 0.196 e. The van der Waals surface area contributed by atoms with Crippen LogP contribution in [-0.4, -0.2) is 293 Å². The van der Waals surface area contributed by atoms with Gasteiger partial charge in [-0.3, -0.25) is 4.79 Å². The third kappa shape index (κ3) is 24.7. The third-order valence-electron chi connectivity index (χ3n) is 30.3. The van der Waals surface area contributed by atoms with E-state index in [2.05, 4.69) is 229 Å². The highest BCUT2D eigenvalue weighted by atomic mass is 32.1. The summed E-state index contributed by atoms with van der Waals surface area (Å²) < 4.78 is 27.4. The van der Waals surface area contributed by atoms with E-state index in [9.17, 15) is 20.1 Å². The molecule has 8 atom stereocenters. The zero-order valence-corrected chi connectivity index (χ0v) is 89.6. The Labute approximate surface area is 889 Å². The number of thiazole rings is 5. The van der Waals surface area contributed by atoms with Crippen molar-refractivity contribution in [2.45, 2.75) is 124 Å². The van der Waals surface area contributed by atoms with E-state index < -0.39 is 18.3 Å². The van der Waals surface area contributed by atoms with Crippen molar-refractivity contribution in [1.29, 1.82) is 0 Å². The molecule has 149 heavy (non-hydrogen) atoms. The molecule has 10 aliphatic heterocycles. The minimum atomic E-state index is -0.527. The number of fused-ring (bicyclic) bond motifs is 5. The fraction of sp³-hybridized carbons (Fsp3) is 0.491. The maximum atomic E-state index is 12.8. The van der Waals surface area contributed by atoms with E-state index in [-0.39, 0.29) is 29.5 Å². The number of aliphatic hydroxyl groups excluding tert-OH is 3. The van der Waals surface area contributed by atoms with Gasteiger partial charge in [0, 0.05) is 266 Å². The van der Waals surface area contributed by atoms with Gasteiger partial charge in [0.1, 0.15) is 94.1 Å². The molecule has 10 aliphatic rings. The van der Waals surface area contributed by atoms with Crippen LogP contribution >= 0.6 is 56.7 Å². The molecule has 25 rings (SSSR count). The highest BCUT2D eigenvalue weighted by molar-refractivity contribution is 7.12. The Morgan fingerprint density at radius 2 is 0.698 bits per heavy atom. The lowest BCUT2D eigenvalue weighted by atomic mass is 9.92. The second kappa shape index (κ2) is 48.7. The fourth-order valence-corrected chi connectivity index (χ4v) is 26.5. The van der Waals surface area contributed by atoms with Gasteiger partial charge in [0.25, 0.3) is 0 Å². The van der Waals surface area contributed by atoms with Crippen LogP contribution in [0.5, 0.6) is 0 Å². The number of piperidine rings is 5. The lowest BCUT2D eigenvalue weighted by Crippen LogP contribution is -2.39. The Morgan fingerprint density at radius 1 is 0.349 bits per heavy atom. The molecule has 0 aliphatic carbocycles. The summed E-state index contributed by atoms with van der Waals surface area (Å²) in [5, 5.41) is 46.4. The zero-order valence-electron chi connectivity index (χ0n) is 85.6. The number of rotatable bonds is 20. The van der Waals surface area contributed by atoms with Crippen LogP contribution in [0, 0.1) is 64.2 Å². The van der Waals surface area contributed by atoms with Gasteiger partial charge in [0.2, 0.25) is 0 Å². The van der Waals surface area contributed by atoms with E-state index in [1.54, 1.807) is 71.8 Å². The molecule has 3 N–H and O–H groups in total. The number of morpholine rings is 5. The number of ketones is 1. The predicted octanol–water partition coefficient (Wildman–Crippen LogP) is 16.6. The van der Waals surface area contributed by atoms with Crippen molar-refractivity contribution in [3.8, 4) is 0 Å². The average Bonchev–Trinajstić information content (AvgIpc) is 1.78. The van der Waals surface area contributed by atoms with Crippen LogP contribution in [0.3, 0.4) is 0 Å². The second-order valence-electron chi connectivity index (χ2n) is 40.2. The molecular formula is C110H133N25O9S5. The van der Waals surface area contributed by atoms with Crippen LogP contribution in [0.1, 0.15) is 138 Å². The number of hydrogen-bond donors (Lipinski definition) is 3. The van der Waals surface area contributed by atoms with Gasteiger partial charge in [-0.2, -0.15) is 0 Å². The van der Waals surface area contributed by atoms with Crippen LogP contribution in [0.2, 0.25) is 0 Å². The molecule has 10 saturated heterocycles. The van der Waals surface area contributed by atoms with E-state index in [4.69, 9.17) is 23.7 Å². The van der Waals surface area contributed by atoms with E-state index in [0.717, 1.165) is 363 Å². The number of aryl methyl sites for hydroxylation is 5. The summed E-state index contributed by atoms with van der Waals surface area (Å²) in [5.74, 6) is 6.07. The monoisotopic (exact) mass is 2110 g/mol. The third-order valence-corrected chi connectivity index (χ3v) is 35.1. The summed E-state index contributed by atoms with van der Waals surface area (Å²) in [6, 6.07) is 32.4. The molecule has 0 bridgehead atoms. The number of benzene rings is 5. The summed E-state index contributed by atoms with van der Waals surface area (Å²) in [4.78, 5) is 108. The fourth-order valence-electron chi connectivity index (χ4n) is 22.2. The second-order valence-corrected chi connectivity index (χ2v) is 45.8. The van der Waals surface area contributed by atoms with Crippen molar-refractivity contribution in [2.24, 2.45) is 29.6 Å². The van der Waals surface area contributed by atoms with Crippen molar-refractivity contribution in [3.05, 3.63) is 203 Å². The Bertz CT molecular complexity index is 6810. The molecule has 10 aromatic heterocycles. The summed E-state index contributed by atoms with van der Waals surface area (Å²) in [6.45, 7) is 35.9. The quantitative estimate of drug-likeness (QED) is 0.0597. The number of ether oxygens (including phenoxy) is 5. The van der Waals surface area contributed by atoms with E-state index in [0.29, 0.717) is 17.5 Å². The van der Waals surface area contributed by atoms with E-state index in [1.165, 1.54) is 67.4 Å².